The third-order valence-electron chi connectivity index (χ3n) is 2.71. The summed E-state index contributed by atoms with van der Waals surface area (Å²) in [6.45, 7) is 0.323. The van der Waals surface area contributed by atoms with Gasteiger partial charge in [-0.15, -0.1) is 0 Å². The smallest absolute Gasteiger partial charge is 0.269 e. The first-order valence-corrected chi connectivity index (χ1v) is 5.83. The number of methoxy groups -OCH3 is 1. The molecule has 0 unspecified atom stereocenters. The van der Waals surface area contributed by atoms with Crippen LogP contribution in [0.2, 0.25) is 0 Å². The van der Waals surface area contributed by atoms with Crippen molar-refractivity contribution in [3.8, 4) is 5.75 Å². The van der Waals surface area contributed by atoms with Crippen molar-refractivity contribution in [1.29, 1.82) is 0 Å². The molecular weight excluding hydrogens is 244 g/mol. The predicted octanol–water partition coefficient (Wildman–Crippen LogP) is 0.761. The summed E-state index contributed by atoms with van der Waals surface area (Å²) in [5.41, 5.74) is 1.35. The molecule has 0 spiro atoms. The highest BCUT2D eigenvalue weighted by Gasteiger charge is 2.04. The van der Waals surface area contributed by atoms with E-state index in [4.69, 9.17) is 4.74 Å². The van der Waals surface area contributed by atoms with Gasteiger partial charge in [0, 0.05) is 32.4 Å². The Morgan fingerprint density at radius 3 is 2.79 bits per heavy atom. The third-order valence-corrected chi connectivity index (χ3v) is 2.71. The Bertz CT molecular complexity index is 622. The first kappa shape index (κ1) is 13.1. The molecule has 0 saturated heterocycles. The fourth-order valence-corrected chi connectivity index (χ4v) is 1.61. The van der Waals surface area contributed by atoms with E-state index in [-0.39, 0.29) is 5.56 Å². The van der Waals surface area contributed by atoms with Crippen molar-refractivity contribution in [2.45, 2.75) is 6.54 Å². The van der Waals surface area contributed by atoms with Crippen LogP contribution in [0.4, 0.5) is 5.69 Å². The van der Waals surface area contributed by atoms with E-state index >= 15 is 0 Å². The average molecular weight is 260 g/mol. The van der Waals surface area contributed by atoms with Gasteiger partial charge in [0.1, 0.15) is 5.75 Å². The summed E-state index contributed by atoms with van der Waals surface area (Å²) < 4.78 is 6.49. The van der Waals surface area contributed by atoms with Crippen molar-refractivity contribution in [2.75, 3.05) is 26.1 Å². The lowest BCUT2D eigenvalue weighted by Gasteiger charge is -2.12. The van der Waals surface area contributed by atoms with Crippen LogP contribution in [-0.4, -0.2) is 36.0 Å². The van der Waals surface area contributed by atoms with Gasteiger partial charge in [0.2, 0.25) is 0 Å². The average Bonchev–Trinajstić information content (AvgIpc) is 2.41. The molecule has 0 aliphatic heterocycles. The Labute approximate surface area is 111 Å². The van der Waals surface area contributed by atoms with Crippen LogP contribution in [0.25, 0.3) is 0 Å². The van der Waals surface area contributed by atoms with Crippen molar-refractivity contribution >= 4 is 5.69 Å². The maximum atomic E-state index is 11.9. The maximum Gasteiger partial charge on any atom is 0.269 e. The van der Waals surface area contributed by atoms with E-state index in [1.807, 2.05) is 19.0 Å². The van der Waals surface area contributed by atoms with Crippen LogP contribution in [0.15, 0.2) is 35.4 Å². The highest BCUT2D eigenvalue weighted by Crippen LogP contribution is 2.10. The molecule has 0 saturated carbocycles. The molecule has 2 aromatic rings. The summed E-state index contributed by atoms with van der Waals surface area (Å²) in [6, 6.07) is 5.09. The maximum absolute atomic E-state index is 11.9. The third kappa shape index (κ3) is 3.09. The van der Waals surface area contributed by atoms with Crippen LogP contribution in [0, 0.1) is 0 Å². The number of aromatic nitrogens is 3. The Balaban J connectivity index is 2.26. The van der Waals surface area contributed by atoms with Gasteiger partial charge in [-0.3, -0.25) is 9.78 Å². The second-order valence-corrected chi connectivity index (χ2v) is 4.29. The van der Waals surface area contributed by atoms with Gasteiger partial charge < -0.3 is 9.64 Å². The molecule has 0 amide bonds. The lowest BCUT2D eigenvalue weighted by Crippen LogP contribution is -2.24. The lowest BCUT2D eigenvalue weighted by atomic mass is 10.3. The largest absolute Gasteiger partial charge is 0.497 e. The fourth-order valence-electron chi connectivity index (χ4n) is 1.61. The normalized spacial score (nSPS) is 10.3. The zero-order valence-corrected chi connectivity index (χ0v) is 11.2. The zero-order chi connectivity index (χ0) is 13.8. The lowest BCUT2D eigenvalue weighted by molar-refractivity contribution is 0.413. The van der Waals surface area contributed by atoms with Gasteiger partial charge in [-0.25, -0.2) is 4.68 Å². The Kier molecular flexibility index (Phi) is 3.79. The molecule has 0 atom stereocenters. The van der Waals surface area contributed by atoms with Crippen LogP contribution in [0.1, 0.15) is 5.69 Å². The first-order valence-electron chi connectivity index (χ1n) is 5.83. The number of hydrogen-bond acceptors (Lipinski definition) is 5. The number of rotatable bonds is 4. The second-order valence-electron chi connectivity index (χ2n) is 4.29. The van der Waals surface area contributed by atoms with E-state index < -0.39 is 0 Å². The van der Waals surface area contributed by atoms with Crippen molar-refractivity contribution in [1.82, 2.24) is 14.8 Å². The SMILES string of the molecule is COc1ccnc(Cn2ncc(N(C)C)cc2=O)c1. The van der Waals surface area contributed by atoms with E-state index in [1.54, 1.807) is 37.7 Å². The topological polar surface area (TPSA) is 60.2 Å². The minimum Gasteiger partial charge on any atom is -0.497 e. The molecule has 0 radical (unpaired) electrons. The molecule has 0 bridgehead atoms. The first-order chi connectivity index (χ1) is 9.10. The zero-order valence-electron chi connectivity index (χ0n) is 11.2. The fraction of sp³-hybridized carbons (Fsp3) is 0.308. The van der Waals surface area contributed by atoms with Gasteiger partial charge in [0.15, 0.2) is 0 Å². The molecular formula is C13H16N4O2. The molecule has 0 N–H and O–H groups in total. The van der Waals surface area contributed by atoms with Gasteiger partial charge >= 0.3 is 0 Å². The van der Waals surface area contributed by atoms with Crippen molar-refractivity contribution < 1.29 is 4.74 Å². The summed E-state index contributed by atoms with van der Waals surface area (Å²) in [5.74, 6) is 0.711. The standard InChI is InChI=1S/C13H16N4O2/c1-16(2)11-7-13(18)17(15-8-11)9-10-6-12(19-3)4-5-14-10/h4-8H,9H2,1-3H3. The summed E-state index contributed by atoms with van der Waals surface area (Å²) in [6.07, 6.45) is 3.30. The Hall–Kier alpha value is -2.37. The molecule has 100 valence electrons. The quantitative estimate of drug-likeness (QED) is 0.812. The molecule has 6 nitrogen and oxygen atoms in total. The molecule has 2 heterocycles. The molecule has 0 aliphatic rings. The van der Waals surface area contributed by atoms with E-state index in [0.717, 1.165) is 11.4 Å². The van der Waals surface area contributed by atoms with Gasteiger partial charge in [-0.2, -0.15) is 5.10 Å². The monoisotopic (exact) mass is 260 g/mol. The molecule has 6 heteroatoms. The van der Waals surface area contributed by atoms with Gasteiger partial charge in [0.25, 0.3) is 5.56 Å². The second kappa shape index (κ2) is 5.51. The highest BCUT2D eigenvalue weighted by molar-refractivity contribution is 5.40. The van der Waals surface area contributed by atoms with E-state index in [9.17, 15) is 4.79 Å². The number of ether oxygens (including phenoxy) is 1. The highest BCUT2D eigenvalue weighted by atomic mass is 16.5. The molecule has 0 aliphatic carbocycles. The summed E-state index contributed by atoms with van der Waals surface area (Å²) in [7, 11) is 5.32. The minimum absolute atomic E-state index is 0.157. The molecule has 2 rings (SSSR count). The molecule has 0 fully saturated rings. The van der Waals surface area contributed by atoms with Crippen molar-refractivity contribution in [2.24, 2.45) is 0 Å². The molecule has 2 aromatic heterocycles. The van der Waals surface area contributed by atoms with Gasteiger partial charge in [0.05, 0.1) is 31.2 Å². The van der Waals surface area contributed by atoms with Crippen LogP contribution >= 0.6 is 0 Å². The van der Waals surface area contributed by atoms with Crippen LogP contribution in [-0.2, 0) is 6.54 Å². The predicted molar refractivity (Wildman–Crippen MR) is 72.7 cm³/mol. The minimum atomic E-state index is -0.157. The Morgan fingerprint density at radius 1 is 1.37 bits per heavy atom. The number of hydrogen-bond donors (Lipinski definition) is 0. The van der Waals surface area contributed by atoms with Crippen molar-refractivity contribution in [3.05, 3.63) is 46.6 Å². The van der Waals surface area contributed by atoms with Crippen LogP contribution < -0.4 is 15.2 Å². The number of nitrogens with zero attached hydrogens (tertiary/aromatic N) is 4. The summed E-state index contributed by atoms with van der Waals surface area (Å²) >= 11 is 0. The van der Waals surface area contributed by atoms with E-state index in [2.05, 4.69) is 10.1 Å². The van der Waals surface area contributed by atoms with Gasteiger partial charge in [-0.05, 0) is 6.07 Å². The summed E-state index contributed by atoms with van der Waals surface area (Å²) in [4.78, 5) is 17.9. The van der Waals surface area contributed by atoms with E-state index in [1.165, 1.54) is 4.68 Å². The molecule has 0 aromatic carbocycles. The number of pyridine rings is 1. The van der Waals surface area contributed by atoms with E-state index in [0.29, 0.717) is 12.3 Å². The molecule has 19 heavy (non-hydrogen) atoms. The van der Waals surface area contributed by atoms with Crippen LogP contribution in [0.5, 0.6) is 5.75 Å². The summed E-state index contributed by atoms with van der Waals surface area (Å²) in [5, 5.41) is 4.13. The van der Waals surface area contributed by atoms with Crippen LogP contribution in [0.3, 0.4) is 0 Å². The van der Waals surface area contributed by atoms with Crippen molar-refractivity contribution in [3.63, 3.8) is 0 Å². The Morgan fingerprint density at radius 2 is 2.16 bits per heavy atom. The number of anilines is 1. The van der Waals surface area contributed by atoms with Gasteiger partial charge in [-0.1, -0.05) is 0 Å².